The van der Waals surface area contributed by atoms with Crippen molar-refractivity contribution in [3.8, 4) is 0 Å². The van der Waals surface area contributed by atoms with Crippen LogP contribution in [0.1, 0.15) is 34.8 Å². The zero-order valence-corrected chi connectivity index (χ0v) is 10.2. The average molecular weight is 262 g/mol. The van der Waals surface area contributed by atoms with Crippen LogP contribution in [0.5, 0.6) is 0 Å². The van der Waals surface area contributed by atoms with Crippen molar-refractivity contribution in [1.82, 2.24) is 0 Å². The number of carboxylic acids is 1. The van der Waals surface area contributed by atoms with E-state index in [1.807, 2.05) is 0 Å². The topological polar surface area (TPSA) is 54.4 Å². The van der Waals surface area contributed by atoms with Gasteiger partial charge in [0.2, 0.25) is 0 Å². The molecule has 1 atom stereocenters. The van der Waals surface area contributed by atoms with Gasteiger partial charge >= 0.3 is 5.97 Å². The molecule has 0 bridgehead atoms. The third-order valence-corrected chi connectivity index (χ3v) is 3.45. The van der Waals surface area contributed by atoms with Crippen LogP contribution in [0.25, 0.3) is 0 Å². The summed E-state index contributed by atoms with van der Waals surface area (Å²) >= 11 is 0. The molecule has 0 aromatic heterocycles. The van der Waals surface area contributed by atoms with Gasteiger partial charge in [-0.15, -0.1) is 0 Å². The maximum atomic E-state index is 12.8. The molecular formula is C11H12F2O3S. The van der Waals surface area contributed by atoms with Crippen LogP contribution in [0.2, 0.25) is 0 Å². The third kappa shape index (κ3) is 2.69. The van der Waals surface area contributed by atoms with Gasteiger partial charge in [0.25, 0.3) is 6.43 Å². The molecule has 0 unspecified atom stereocenters. The van der Waals surface area contributed by atoms with Crippen LogP contribution in [0.3, 0.4) is 0 Å². The fourth-order valence-corrected chi connectivity index (χ4v) is 2.80. The molecule has 0 amide bonds. The first-order valence-electron chi connectivity index (χ1n) is 4.90. The number of carbonyl (C=O) groups is 1. The highest BCUT2D eigenvalue weighted by Gasteiger charge is 2.22. The van der Waals surface area contributed by atoms with Crippen molar-refractivity contribution in [1.29, 1.82) is 0 Å². The van der Waals surface area contributed by atoms with Gasteiger partial charge in [-0.3, -0.25) is 4.21 Å². The molecule has 6 heteroatoms. The Balaban J connectivity index is 3.61. The molecule has 0 spiro atoms. The van der Waals surface area contributed by atoms with E-state index in [1.54, 1.807) is 6.92 Å². The molecule has 1 N–H and O–H groups in total. The number of benzene rings is 1. The molecule has 0 aliphatic carbocycles. The van der Waals surface area contributed by atoms with Gasteiger partial charge in [-0.1, -0.05) is 13.0 Å². The van der Waals surface area contributed by atoms with Gasteiger partial charge in [-0.25, -0.2) is 13.6 Å². The van der Waals surface area contributed by atoms with Crippen LogP contribution in [-0.2, 0) is 17.2 Å². The van der Waals surface area contributed by atoms with Crippen LogP contribution in [0, 0.1) is 0 Å². The van der Waals surface area contributed by atoms with Crippen LogP contribution in [-0.4, -0.2) is 21.5 Å². The van der Waals surface area contributed by atoms with Crippen molar-refractivity contribution < 1.29 is 22.9 Å². The zero-order chi connectivity index (χ0) is 13.2. The highest BCUT2D eigenvalue weighted by atomic mass is 32.2. The smallest absolute Gasteiger partial charge is 0.336 e. The monoisotopic (exact) mass is 262 g/mol. The first-order chi connectivity index (χ1) is 7.90. The number of hydrogen-bond acceptors (Lipinski definition) is 2. The van der Waals surface area contributed by atoms with Crippen molar-refractivity contribution in [3.05, 3.63) is 28.8 Å². The Morgan fingerprint density at radius 1 is 1.47 bits per heavy atom. The summed E-state index contributed by atoms with van der Waals surface area (Å²) in [6.07, 6.45) is -1.25. The van der Waals surface area contributed by atoms with E-state index in [9.17, 15) is 17.8 Å². The van der Waals surface area contributed by atoms with Crippen molar-refractivity contribution >= 4 is 16.8 Å². The van der Waals surface area contributed by atoms with Gasteiger partial charge in [-0.05, 0) is 18.1 Å². The predicted molar refractivity (Wildman–Crippen MR) is 60.1 cm³/mol. The van der Waals surface area contributed by atoms with Crippen molar-refractivity contribution in [3.63, 3.8) is 0 Å². The minimum absolute atomic E-state index is 0.0533. The quantitative estimate of drug-likeness (QED) is 0.907. The van der Waals surface area contributed by atoms with E-state index in [-0.39, 0.29) is 28.0 Å². The van der Waals surface area contributed by atoms with E-state index in [4.69, 9.17) is 5.11 Å². The summed E-state index contributed by atoms with van der Waals surface area (Å²) in [5.41, 5.74) is -0.203. The molecule has 1 rings (SSSR count). The fourth-order valence-electron chi connectivity index (χ4n) is 1.71. The molecule has 0 fully saturated rings. The number of rotatable bonds is 4. The maximum absolute atomic E-state index is 12.8. The normalized spacial score (nSPS) is 12.8. The minimum Gasteiger partial charge on any atom is -0.478 e. The van der Waals surface area contributed by atoms with Gasteiger partial charge in [0.1, 0.15) is 0 Å². The van der Waals surface area contributed by atoms with Gasteiger partial charge < -0.3 is 5.11 Å². The molecule has 0 saturated carbocycles. The number of hydrogen-bond donors (Lipinski definition) is 1. The molecule has 0 aliphatic rings. The summed E-state index contributed by atoms with van der Waals surface area (Å²) in [7, 11) is -1.64. The molecule has 1 aromatic carbocycles. The molecule has 1 aromatic rings. The second-order valence-electron chi connectivity index (χ2n) is 3.42. The molecular weight excluding hydrogens is 250 g/mol. The maximum Gasteiger partial charge on any atom is 0.336 e. The lowest BCUT2D eigenvalue weighted by atomic mass is 10.0. The Bertz CT molecular complexity index is 472. The second-order valence-corrected chi connectivity index (χ2v) is 4.74. The van der Waals surface area contributed by atoms with Gasteiger partial charge in [0.15, 0.2) is 0 Å². The van der Waals surface area contributed by atoms with E-state index in [1.165, 1.54) is 6.26 Å². The lowest BCUT2D eigenvalue weighted by Gasteiger charge is -2.13. The van der Waals surface area contributed by atoms with Crippen LogP contribution in [0.4, 0.5) is 8.78 Å². The van der Waals surface area contributed by atoms with E-state index in [0.717, 1.165) is 12.1 Å². The standard InChI is InChI=1S/C11H12F2O3S/c1-3-6-7(11(14)15)4-5-8(10(12)13)9(6)17(2)16/h4-5,10H,3H2,1-2H3,(H,14,15)/t17-/m1/s1. The summed E-state index contributed by atoms with van der Waals surface area (Å²) in [4.78, 5) is 10.9. The third-order valence-electron chi connectivity index (χ3n) is 2.40. The molecule has 0 radical (unpaired) electrons. The van der Waals surface area contributed by atoms with Crippen molar-refractivity contribution in [2.24, 2.45) is 0 Å². The Labute approximate surface area is 99.9 Å². The lowest BCUT2D eigenvalue weighted by Crippen LogP contribution is -2.09. The number of carboxylic acid groups (broad SMARTS) is 1. The largest absolute Gasteiger partial charge is 0.478 e. The number of alkyl halides is 2. The zero-order valence-electron chi connectivity index (χ0n) is 9.37. The van der Waals surface area contributed by atoms with E-state index in [0.29, 0.717) is 0 Å². The van der Waals surface area contributed by atoms with E-state index >= 15 is 0 Å². The van der Waals surface area contributed by atoms with Gasteiger partial charge in [0.05, 0.1) is 21.3 Å². The second kappa shape index (κ2) is 5.35. The first kappa shape index (κ1) is 13.8. The summed E-state index contributed by atoms with van der Waals surface area (Å²) < 4.78 is 37.0. The highest BCUT2D eigenvalue weighted by Crippen LogP contribution is 2.30. The van der Waals surface area contributed by atoms with Gasteiger partial charge in [-0.2, -0.15) is 0 Å². The molecule has 17 heavy (non-hydrogen) atoms. The molecule has 0 heterocycles. The molecule has 0 aliphatic heterocycles. The average Bonchev–Trinajstić information content (AvgIpc) is 2.26. The van der Waals surface area contributed by atoms with Crippen LogP contribution < -0.4 is 0 Å². The molecule has 3 nitrogen and oxygen atoms in total. The SMILES string of the molecule is CCc1c(C(=O)O)ccc(C(F)F)c1[S@@](C)=O. The van der Waals surface area contributed by atoms with Crippen molar-refractivity contribution in [2.75, 3.05) is 6.26 Å². The fraction of sp³-hybridized carbons (Fsp3) is 0.364. The predicted octanol–water partition coefficient (Wildman–Crippen LogP) is 2.62. The first-order valence-corrected chi connectivity index (χ1v) is 6.46. The van der Waals surface area contributed by atoms with Crippen LogP contribution in [0.15, 0.2) is 17.0 Å². The number of halogens is 2. The summed E-state index contributed by atoms with van der Waals surface area (Å²) in [5, 5.41) is 8.95. The van der Waals surface area contributed by atoms with Crippen molar-refractivity contribution in [2.45, 2.75) is 24.7 Å². The van der Waals surface area contributed by atoms with Crippen LogP contribution >= 0.6 is 0 Å². The summed E-state index contributed by atoms with van der Waals surface area (Å²) in [6, 6.07) is 2.17. The Hall–Kier alpha value is -1.30. The molecule has 94 valence electrons. The number of aromatic carboxylic acids is 1. The molecule has 0 saturated heterocycles. The van der Waals surface area contributed by atoms with E-state index in [2.05, 4.69) is 0 Å². The lowest BCUT2D eigenvalue weighted by molar-refractivity contribution is 0.0694. The Morgan fingerprint density at radius 2 is 2.06 bits per heavy atom. The highest BCUT2D eigenvalue weighted by molar-refractivity contribution is 7.84. The summed E-state index contributed by atoms with van der Waals surface area (Å²) in [5.74, 6) is -1.20. The van der Waals surface area contributed by atoms with E-state index < -0.39 is 23.2 Å². The Kier molecular flexibility index (Phi) is 4.34. The summed E-state index contributed by atoms with van der Waals surface area (Å²) in [6.45, 7) is 1.65. The van der Waals surface area contributed by atoms with Gasteiger partial charge in [0, 0.05) is 11.8 Å². The Morgan fingerprint density at radius 3 is 2.41 bits per heavy atom. The minimum atomic E-state index is -2.76.